The number of amides is 2. The van der Waals surface area contributed by atoms with Gasteiger partial charge in [0.05, 0.1) is 24.8 Å². The fourth-order valence-corrected chi connectivity index (χ4v) is 5.12. The summed E-state index contributed by atoms with van der Waals surface area (Å²) < 4.78 is 5.34. The van der Waals surface area contributed by atoms with E-state index in [9.17, 15) is 9.59 Å². The van der Waals surface area contributed by atoms with Crippen molar-refractivity contribution in [3.63, 3.8) is 0 Å². The van der Waals surface area contributed by atoms with Gasteiger partial charge in [-0.05, 0) is 55.4 Å². The third kappa shape index (κ3) is 4.90. The van der Waals surface area contributed by atoms with E-state index in [1.807, 2.05) is 12.1 Å². The average molecular weight is 416 g/mol. The van der Waals surface area contributed by atoms with Crippen LogP contribution in [0.4, 0.5) is 0 Å². The summed E-state index contributed by atoms with van der Waals surface area (Å²) in [7, 11) is 0. The van der Waals surface area contributed by atoms with Gasteiger partial charge >= 0.3 is 0 Å². The lowest BCUT2D eigenvalue weighted by Crippen LogP contribution is -2.43. The summed E-state index contributed by atoms with van der Waals surface area (Å²) in [4.78, 5) is 30.6. The molecule has 4 heterocycles. The molecule has 2 unspecified atom stereocenters. The third-order valence-electron chi connectivity index (χ3n) is 6.11. The Labute approximate surface area is 175 Å². The molecule has 2 saturated heterocycles. The molecule has 0 saturated carbocycles. The topological polar surface area (TPSA) is 65.8 Å². The molecule has 7 heteroatoms. The van der Waals surface area contributed by atoms with Crippen LogP contribution < -0.4 is 5.32 Å². The standard InChI is InChI=1S/C22H29N3O3S/c1-16-6-8-24(9-7-16)19(20-5-3-11-29-20)13-23-22(27)17-12-21(26)25(14-17)15-18-4-2-10-28-18/h2-5,10-11,16-17,19H,6-9,12-15H2,1H3,(H,23,27). The molecule has 2 amide bonds. The Bertz CT molecular complexity index is 797. The number of carbonyl (C=O) groups is 2. The Morgan fingerprint density at radius 3 is 2.83 bits per heavy atom. The molecule has 0 spiro atoms. The highest BCUT2D eigenvalue weighted by Crippen LogP contribution is 2.29. The summed E-state index contributed by atoms with van der Waals surface area (Å²) >= 11 is 1.75. The molecule has 2 aliphatic rings. The number of carbonyl (C=O) groups excluding carboxylic acids is 2. The maximum absolute atomic E-state index is 12.8. The van der Waals surface area contributed by atoms with Crippen molar-refractivity contribution in [2.24, 2.45) is 11.8 Å². The van der Waals surface area contributed by atoms with Gasteiger partial charge in [0.25, 0.3) is 0 Å². The molecular weight excluding hydrogens is 386 g/mol. The van der Waals surface area contributed by atoms with Gasteiger partial charge in [-0.3, -0.25) is 14.5 Å². The molecule has 0 radical (unpaired) electrons. The lowest BCUT2D eigenvalue weighted by Gasteiger charge is -2.36. The van der Waals surface area contributed by atoms with Gasteiger partial charge in [-0.1, -0.05) is 13.0 Å². The summed E-state index contributed by atoms with van der Waals surface area (Å²) in [6.07, 6.45) is 4.28. The number of nitrogens with one attached hydrogen (secondary N) is 1. The van der Waals surface area contributed by atoms with Gasteiger partial charge in [0, 0.05) is 24.4 Å². The van der Waals surface area contributed by atoms with E-state index in [0.29, 0.717) is 19.6 Å². The van der Waals surface area contributed by atoms with Crippen molar-refractivity contribution in [3.8, 4) is 0 Å². The van der Waals surface area contributed by atoms with E-state index >= 15 is 0 Å². The van der Waals surface area contributed by atoms with Crippen LogP contribution in [0.25, 0.3) is 0 Å². The van der Waals surface area contributed by atoms with Crippen LogP contribution in [0.1, 0.15) is 42.9 Å². The normalized spacial score (nSPS) is 22.2. The van der Waals surface area contributed by atoms with Crippen molar-refractivity contribution in [3.05, 3.63) is 46.5 Å². The van der Waals surface area contributed by atoms with Crippen LogP contribution in [0.2, 0.25) is 0 Å². The first-order chi connectivity index (χ1) is 14.1. The van der Waals surface area contributed by atoms with E-state index in [-0.39, 0.29) is 30.2 Å². The summed E-state index contributed by atoms with van der Waals surface area (Å²) in [6.45, 7) is 5.92. The molecule has 2 aromatic heterocycles. The van der Waals surface area contributed by atoms with Crippen LogP contribution in [-0.4, -0.2) is 47.8 Å². The van der Waals surface area contributed by atoms with Crippen molar-refractivity contribution >= 4 is 23.2 Å². The Kier molecular flexibility index (Phi) is 6.35. The number of hydrogen-bond donors (Lipinski definition) is 1. The highest BCUT2D eigenvalue weighted by Gasteiger charge is 2.35. The van der Waals surface area contributed by atoms with Gasteiger partial charge in [-0.25, -0.2) is 0 Å². The zero-order valence-electron chi connectivity index (χ0n) is 16.9. The quantitative estimate of drug-likeness (QED) is 0.754. The highest BCUT2D eigenvalue weighted by atomic mass is 32.1. The van der Waals surface area contributed by atoms with Gasteiger partial charge in [-0.15, -0.1) is 11.3 Å². The van der Waals surface area contributed by atoms with E-state index in [0.717, 1.165) is 24.8 Å². The molecule has 6 nitrogen and oxygen atoms in total. The minimum absolute atomic E-state index is 0.0152. The fraction of sp³-hybridized carbons (Fsp3) is 0.545. The van der Waals surface area contributed by atoms with E-state index in [1.165, 1.54) is 17.7 Å². The van der Waals surface area contributed by atoms with Crippen molar-refractivity contribution in [1.82, 2.24) is 15.1 Å². The smallest absolute Gasteiger partial charge is 0.225 e. The predicted molar refractivity (Wildman–Crippen MR) is 112 cm³/mol. The molecule has 156 valence electrons. The maximum atomic E-state index is 12.8. The second-order valence-corrected chi connectivity index (χ2v) is 9.23. The Balaban J connectivity index is 1.34. The maximum Gasteiger partial charge on any atom is 0.225 e. The summed E-state index contributed by atoms with van der Waals surface area (Å²) in [5.74, 6) is 1.22. The molecule has 0 aromatic carbocycles. The number of piperidine rings is 1. The van der Waals surface area contributed by atoms with Crippen LogP contribution in [-0.2, 0) is 16.1 Å². The molecule has 0 bridgehead atoms. The lowest BCUT2D eigenvalue weighted by molar-refractivity contribution is -0.129. The highest BCUT2D eigenvalue weighted by molar-refractivity contribution is 7.10. The van der Waals surface area contributed by atoms with Crippen LogP contribution in [0.5, 0.6) is 0 Å². The van der Waals surface area contributed by atoms with Gasteiger partial charge < -0.3 is 14.6 Å². The molecule has 2 aromatic rings. The summed E-state index contributed by atoms with van der Waals surface area (Å²) in [6, 6.07) is 8.10. The summed E-state index contributed by atoms with van der Waals surface area (Å²) in [5.41, 5.74) is 0. The Morgan fingerprint density at radius 1 is 1.31 bits per heavy atom. The lowest BCUT2D eigenvalue weighted by atomic mass is 9.97. The van der Waals surface area contributed by atoms with E-state index < -0.39 is 0 Å². The van der Waals surface area contributed by atoms with E-state index in [4.69, 9.17) is 4.42 Å². The minimum Gasteiger partial charge on any atom is -0.467 e. The fourth-order valence-electron chi connectivity index (χ4n) is 4.26. The van der Waals surface area contributed by atoms with Crippen molar-refractivity contribution in [2.75, 3.05) is 26.2 Å². The first-order valence-corrected chi connectivity index (χ1v) is 11.3. The number of furan rings is 1. The second-order valence-electron chi connectivity index (χ2n) is 8.25. The molecule has 2 fully saturated rings. The van der Waals surface area contributed by atoms with Gasteiger partial charge in [-0.2, -0.15) is 0 Å². The average Bonchev–Trinajstić information content (AvgIpc) is 3.47. The molecule has 2 aliphatic heterocycles. The molecule has 1 N–H and O–H groups in total. The van der Waals surface area contributed by atoms with Gasteiger partial charge in [0.1, 0.15) is 5.76 Å². The zero-order chi connectivity index (χ0) is 20.2. The molecule has 4 rings (SSSR count). The number of likely N-dealkylation sites (tertiary alicyclic amines) is 2. The van der Waals surface area contributed by atoms with Crippen molar-refractivity contribution in [1.29, 1.82) is 0 Å². The number of nitrogens with zero attached hydrogens (tertiary/aromatic N) is 2. The first kappa shape index (κ1) is 20.2. The van der Waals surface area contributed by atoms with Crippen LogP contribution in [0, 0.1) is 11.8 Å². The van der Waals surface area contributed by atoms with Crippen molar-refractivity contribution in [2.45, 2.75) is 38.8 Å². The van der Waals surface area contributed by atoms with Crippen molar-refractivity contribution < 1.29 is 14.0 Å². The number of rotatable bonds is 7. The zero-order valence-corrected chi connectivity index (χ0v) is 17.7. The minimum atomic E-state index is -0.289. The van der Waals surface area contributed by atoms with Gasteiger partial charge in [0.15, 0.2) is 0 Å². The van der Waals surface area contributed by atoms with Crippen LogP contribution >= 0.6 is 11.3 Å². The largest absolute Gasteiger partial charge is 0.467 e. The summed E-state index contributed by atoms with van der Waals surface area (Å²) in [5, 5.41) is 5.24. The second kappa shape index (κ2) is 9.13. The van der Waals surface area contributed by atoms with E-state index in [2.05, 4.69) is 34.7 Å². The molecule has 2 atom stereocenters. The number of hydrogen-bond acceptors (Lipinski definition) is 5. The molecular formula is C22H29N3O3S. The number of thiophene rings is 1. The first-order valence-electron chi connectivity index (χ1n) is 10.5. The predicted octanol–water partition coefficient (Wildman–Crippen LogP) is 3.28. The SMILES string of the molecule is CC1CCN(C(CNC(=O)C2CC(=O)N(Cc3ccco3)C2)c2cccs2)CC1. The Morgan fingerprint density at radius 2 is 2.14 bits per heavy atom. The third-order valence-corrected chi connectivity index (χ3v) is 7.09. The van der Waals surface area contributed by atoms with Gasteiger partial charge in [0.2, 0.25) is 11.8 Å². The van der Waals surface area contributed by atoms with E-state index in [1.54, 1.807) is 22.5 Å². The molecule has 29 heavy (non-hydrogen) atoms. The monoisotopic (exact) mass is 415 g/mol. The van der Waals surface area contributed by atoms with Crippen LogP contribution in [0.3, 0.4) is 0 Å². The van der Waals surface area contributed by atoms with Crippen LogP contribution in [0.15, 0.2) is 40.3 Å². The Hall–Kier alpha value is -2.12. The molecule has 0 aliphatic carbocycles.